The molecule has 4 unspecified atom stereocenters. The fourth-order valence-corrected chi connectivity index (χ4v) is 5.03. The van der Waals surface area contributed by atoms with Crippen molar-refractivity contribution in [3.05, 3.63) is 47.5 Å². The van der Waals surface area contributed by atoms with Crippen LogP contribution in [0.3, 0.4) is 0 Å². The third-order valence-electron chi connectivity index (χ3n) is 6.70. The summed E-state index contributed by atoms with van der Waals surface area (Å²) in [7, 11) is 0. The van der Waals surface area contributed by atoms with E-state index < -0.39 is 0 Å². The lowest BCUT2D eigenvalue weighted by Crippen LogP contribution is -2.36. The molecule has 0 heterocycles. The van der Waals surface area contributed by atoms with Gasteiger partial charge in [-0.25, -0.2) is 4.79 Å². The molecule has 3 aliphatic carbocycles. The van der Waals surface area contributed by atoms with Gasteiger partial charge in [-0.1, -0.05) is 37.6 Å². The van der Waals surface area contributed by atoms with Crippen molar-refractivity contribution in [1.29, 1.82) is 0 Å². The zero-order valence-electron chi connectivity index (χ0n) is 15.0. The van der Waals surface area contributed by atoms with E-state index in [2.05, 4.69) is 19.1 Å². The Labute approximate surface area is 150 Å². The molecule has 0 amide bonds. The molecule has 1 aromatic rings. The van der Waals surface area contributed by atoms with E-state index in [1.165, 1.54) is 12.0 Å². The molecule has 3 heteroatoms. The molecular formula is C22H28O3. The molecule has 3 aliphatic rings. The van der Waals surface area contributed by atoms with Gasteiger partial charge in [0.25, 0.3) is 0 Å². The van der Waals surface area contributed by atoms with E-state index in [0.29, 0.717) is 17.4 Å². The highest BCUT2D eigenvalue weighted by Crippen LogP contribution is 2.48. The first kappa shape index (κ1) is 16.8. The number of hydrogen-bond acceptors (Lipinski definition) is 3. The van der Waals surface area contributed by atoms with Gasteiger partial charge < -0.3 is 9.84 Å². The van der Waals surface area contributed by atoms with E-state index in [1.54, 1.807) is 0 Å². The SMILES string of the molecule is CCC1(OC(=O)c2ccc(C3CC4C=CC3C4O)cc2)CCCCC1. The summed E-state index contributed by atoms with van der Waals surface area (Å²) in [5, 5.41) is 10.2. The van der Waals surface area contributed by atoms with E-state index in [9.17, 15) is 9.90 Å². The average Bonchev–Trinajstić information content (AvgIpc) is 3.17. The molecule has 2 fully saturated rings. The average molecular weight is 340 g/mol. The van der Waals surface area contributed by atoms with Gasteiger partial charge in [0.05, 0.1) is 11.7 Å². The summed E-state index contributed by atoms with van der Waals surface area (Å²) in [4.78, 5) is 12.6. The second-order valence-corrected chi connectivity index (χ2v) is 8.07. The van der Waals surface area contributed by atoms with E-state index in [-0.39, 0.29) is 23.6 Å². The van der Waals surface area contributed by atoms with Crippen molar-refractivity contribution in [2.75, 3.05) is 0 Å². The highest BCUT2D eigenvalue weighted by molar-refractivity contribution is 5.89. The summed E-state index contributed by atoms with van der Waals surface area (Å²) in [6, 6.07) is 7.88. The second-order valence-electron chi connectivity index (χ2n) is 8.07. The summed E-state index contributed by atoms with van der Waals surface area (Å²) in [5.41, 5.74) is 1.60. The lowest BCUT2D eigenvalue weighted by Gasteiger charge is -2.36. The van der Waals surface area contributed by atoms with Crippen molar-refractivity contribution in [3.63, 3.8) is 0 Å². The van der Waals surface area contributed by atoms with Crippen LogP contribution in [0, 0.1) is 11.8 Å². The smallest absolute Gasteiger partial charge is 0.338 e. The maximum atomic E-state index is 12.6. The Morgan fingerprint density at radius 3 is 2.44 bits per heavy atom. The maximum Gasteiger partial charge on any atom is 0.338 e. The van der Waals surface area contributed by atoms with Gasteiger partial charge in [-0.3, -0.25) is 0 Å². The Balaban J connectivity index is 1.45. The van der Waals surface area contributed by atoms with Gasteiger partial charge in [0.2, 0.25) is 0 Å². The van der Waals surface area contributed by atoms with Gasteiger partial charge in [0, 0.05) is 11.8 Å². The standard InChI is InChI=1S/C22H28O3/c1-2-22(12-4-3-5-13-22)25-21(24)16-8-6-15(7-9-16)19-14-17-10-11-18(19)20(17)23/h6-11,17-20,23H,2-5,12-14H2,1H3. The van der Waals surface area contributed by atoms with Gasteiger partial charge in [-0.05, 0) is 62.1 Å². The van der Waals surface area contributed by atoms with Crippen LogP contribution in [0.5, 0.6) is 0 Å². The molecule has 4 atom stereocenters. The molecule has 4 rings (SSSR count). The van der Waals surface area contributed by atoms with Crippen LogP contribution in [0.25, 0.3) is 0 Å². The number of aliphatic hydroxyl groups is 1. The van der Waals surface area contributed by atoms with Gasteiger partial charge in [-0.15, -0.1) is 0 Å². The van der Waals surface area contributed by atoms with E-state index in [1.807, 2.05) is 24.3 Å². The van der Waals surface area contributed by atoms with Gasteiger partial charge in [-0.2, -0.15) is 0 Å². The maximum absolute atomic E-state index is 12.6. The molecule has 1 aromatic carbocycles. The molecule has 25 heavy (non-hydrogen) atoms. The molecule has 0 aliphatic heterocycles. The first-order valence-electron chi connectivity index (χ1n) is 9.81. The summed E-state index contributed by atoms with van der Waals surface area (Å²) < 4.78 is 5.96. The Morgan fingerprint density at radius 1 is 1.16 bits per heavy atom. The first-order valence-corrected chi connectivity index (χ1v) is 9.81. The van der Waals surface area contributed by atoms with Crippen LogP contribution >= 0.6 is 0 Å². The van der Waals surface area contributed by atoms with Crippen LogP contribution in [0.1, 0.15) is 73.7 Å². The number of carbonyl (C=O) groups excluding carboxylic acids is 1. The molecule has 1 N–H and O–H groups in total. The number of esters is 1. The van der Waals surface area contributed by atoms with Crippen LogP contribution < -0.4 is 0 Å². The number of fused-ring (bicyclic) bond motifs is 2. The minimum absolute atomic E-state index is 0.192. The molecule has 2 bridgehead atoms. The van der Waals surface area contributed by atoms with Crippen LogP contribution in [0.2, 0.25) is 0 Å². The fourth-order valence-electron chi connectivity index (χ4n) is 5.03. The van der Waals surface area contributed by atoms with Gasteiger partial charge in [0.15, 0.2) is 0 Å². The Bertz CT molecular complexity index is 654. The highest BCUT2D eigenvalue weighted by atomic mass is 16.6. The third-order valence-corrected chi connectivity index (χ3v) is 6.70. The number of aliphatic hydroxyl groups excluding tert-OH is 1. The Kier molecular flexibility index (Phi) is 4.45. The molecule has 3 nitrogen and oxygen atoms in total. The highest BCUT2D eigenvalue weighted by Gasteiger charge is 2.44. The van der Waals surface area contributed by atoms with Crippen molar-refractivity contribution in [3.8, 4) is 0 Å². The predicted octanol–water partition coefficient (Wildman–Crippen LogP) is 4.61. The topological polar surface area (TPSA) is 46.5 Å². The van der Waals surface area contributed by atoms with Crippen LogP contribution in [-0.2, 0) is 4.74 Å². The van der Waals surface area contributed by atoms with Crippen molar-refractivity contribution in [1.82, 2.24) is 0 Å². The number of carbonyl (C=O) groups is 1. The largest absolute Gasteiger partial charge is 0.455 e. The first-order chi connectivity index (χ1) is 12.1. The quantitative estimate of drug-likeness (QED) is 0.643. The summed E-state index contributed by atoms with van der Waals surface area (Å²) in [5.74, 6) is 0.710. The number of ether oxygens (including phenoxy) is 1. The zero-order chi connectivity index (χ0) is 17.4. The van der Waals surface area contributed by atoms with Gasteiger partial charge >= 0.3 is 5.97 Å². The van der Waals surface area contributed by atoms with Crippen molar-refractivity contribution >= 4 is 5.97 Å². The Hall–Kier alpha value is -1.61. The minimum atomic E-state index is -0.256. The lowest BCUT2D eigenvalue weighted by molar-refractivity contribution is -0.0397. The van der Waals surface area contributed by atoms with Crippen molar-refractivity contribution in [2.45, 2.75) is 69.5 Å². The number of hydrogen-bond donors (Lipinski definition) is 1. The van der Waals surface area contributed by atoms with Crippen LogP contribution in [0.15, 0.2) is 36.4 Å². The molecular weight excluding hydrogens is 312 g/mol. The summed E-state index contributed by atoms with van der Waals surface area (Å²) >= 11 is 0. The molecule has 134 valence electrons. The van der Waals surface area contributed by atoms with E-state index in [0.717, 1.165) is 38.5 Å². The van der Waals surface area contributed by atoms with Gasteiger partial charge in [0.1, 0.15) is 5.60 Å². The predicted molar refractivity (Wildman–Crippen MR) is 97.4 cm³/mol. The van der Waals surface area contributed by atoms with E-state index in [4.69, 9.17) is 4.74 Å². The molecule has 0 saturated heterocycles. The molecule has 0 spiro atoms. The summed E-state index contributed by atoms with van der Waals surface area (Å²) in [6.07, 6.45) is 11.5. The number of benzene rings is 1. The van der Waals surface area contributed by atoms with Crippen LogP contribution in [0.4, 0.5) is 0 Å². The van der Waals surface area contributed by atoms with Crippen molar-refractivity contribution in [2.24, 2.45) is 11.8 Å². The zero-order valence-corrected chi connectivity index (χ0v) is 15.0. The van der Waals surface area contributed by atoms with Crippen molar-refractivity contribution < 1.29 is 14.6 Å². The normalized spacial score (nSPS) is 32.7. The molecule has 2 saturated carbocycles. The summed E-state index contributed by atoms with van der Waals surface area (Å²) in [6.45, 7) is 2.12. The van der Waals surface area contributed by atoms with E-state index >= 15 is 0 Å². The number of rotatable bonds is 4. The Morgan fingerprint density at radius 2 is 1.88 bits per heavy atom. The fraction of sp³-hybridized carbons (Fsp3) is 0.591. The van der Waals surface area contributed by atoms with Crippen LogP contribution in [-0.4, -0.2) is 22.8 Å². The lowest BCUT2D eigenvalue weighted by atomic mass is 9.82. The molecule has 0 aromatic heterocycles. The minimum Gasteiger partial charge on any atom is -0.455 e. The molecule has 0 radical (unpaired) electrons. The third kappa shape index (κ3) is 3.03. The second kappa shape index (κ2) is 6.60. The monoisotopic (exact) mass is 340 g/mol.